The van der Waals surface area contributed by atoms with Gasteiger partial charge in [-0.3, -0.25) is 9.59 Å². The number of benzene rings is 2. The molecule has 0 aromatic heterocycles. The van der Waals surface area contributed by atoms with Gasteiger partial charge in [-0.2, -0.15) is 0 Å². The average molecular weight is 473 g/mol. The van der Waals surface area contributed by atoms with Gasteiger partial charge in [0.1, 0.15) is 6.04 Å². The van der Waals surface area contributed by atoms with Gasteiger partial charge in [0.2, 0.25) is 5.91 Å². The molecule has 5 nitrogen and oxygen atoms in total. The van der Waals surface area contributed by atoms with Crippen molar-refractivity contribution in [2.45, 2.75) is 59.5 Å². The topological polar surface area (TPSA) is 67.4 Å². The molecule has 7 heteroatoms. The molecule has 0 saturated heterocycles. The highest BCUT2D eigenvalue weighted by atomic mass is 19.2. The number of hydrogen-bond donors (Lipinski definition) is 2. The van der Waals surface area contributed by atoms with Crippen molar-refractivity contribution in [3.8, 4) is 11.1 Å². The second-order valence-corrected chi connectivity index (χ2v) is 8.75. The minimum absolute atomic E-state index is 0.110. The normalized spacial score (nSPS) is 12.7. The smallest absolute Gasteiger partial charge is 0.308 e. The predicted molar refractivity (Wildman–Crippen MR) is 130 cm³/mol. The van der Waals surface area contributed by atoms with E-state index >= 15 is 4.39 Å². The summed E-state index contributed by atoms with van der Waals surface area (Å²) in [5, 5.41) is 5.63. The fourth-order valence-corrected chi connectivity index (χ4v) is 4.04. The fourth-order valence-electron chi connectivity index (χ4n) is 4.04. The van der Waals surface area contributed by atoms with Gasteiger partial charge in [0.05, 0.1) is 19.1 Å². The molecule has 2 aromatic carbocycles. The minimum Gasteiger partial charge on any atom is -0.466 e. The van der Waals surface area contributed by atoms with E-state index in [1.165, 1.54) is 12.3 Å². The van der Waals surface area contributed by atoms with Crippen LogP contribution in [0.15, 0.2) is 43.1 Å². The zero-order valence-electron chi connectivity index (χ0n) is 20.5. The van der Waals surface area contributed by atoms with Gasteiger partial charge in [0.15, 0.2) is 11.6 Å². The predicted octanol–water partition coefficient (Wildman–Crippen LogP) is 5.51. The van der Waals surface area contributed by atoms with Crippen molar-refractivity contribution in [2.24, 2.45) is 5.92 Å². The van der Waals surface area contributed by atoms with Crippen LogP contribution in [0, 0.1) is 31.4 Å². The highest BCUT2D eigenvalue weighted by Gasteiger charge is 2.28. The van der Waals surface area contributed by atoms with E-state index in [4.69, 9.17) is 4.74 Å². The Hall–Kier alpha value is -3.22. The Morgan fingerprint density at radius 1 is 1.15 bits per heavy atom. The van der Waals surface area contributed by atoms with Crippen LogP contribution >= 0.6 is 0 Å². The quantitative estimate of drug-likeness (QED) is 0.424. The first-order valence-corrected chi connectivity index (χ1v) is 11.5. The lowest BCUT2D eigenvalue weighted by Gasteiger charge is -2.25. The van der Waals surface area contributed by atoms with Crippen molar-refractivity contribution >= 4 is 11.9 Å². The molecule has 2 N–H and O–H groups in total. The van der Waals surface area contributed by atoms with E-state index in [0.29, 0.717) is 12.0 Å². The number of halogens is 2. The van der Waals surface area contributed by atoms with Crippen LogP contribution < -0.4 is 10.6 Å². The molecule has 0 heterocycles. The maximum Gasteiger partial charge on any atom is 0.308 e. The zero-order valence-corrected chi connectivity index (χ0v) is 20.5. The number of rotatable bonds is 11. The molecule has 34 heavy (non-hydrogen) atoms. The van der Waals surface area contributed by atoms with Gasteiger partial charge in [-0.05, 0) is 73.7 Å². The Morgan fingerprint density at radius 2 is 1.79 bits per heavy atom. The van der Waals surface area contributed by atoms with Gasteiger partial charge in [0, 0.05) is 5.56 Å². The lowest BCUT2D eigenvalue weighted by molar-refractivity contribution is -0.143. The Labute approximate surface area is 200 Å². The Balaban J connectivity index is 2.55. The number of hydrogen-bond acceptors (Lipinski definition) is 4. The number of aryl methyl sites for hydroxylation is 2. The van der Waals surface area contributed by atoms with E-state index in [2.05, 4.69) is 17.2 Å². The standard InChI is InChI=1S/C27H34F2N2O3/c1-7-30-23(12-16(3)4)27(33)31-22(15-24(32)34-8-2)20-13-19(14-21(28)26(20)29)25-17(5)10-9-11-18(25)6/h7,9-11,13-14,16,22-23,30H,1,8,12,15H2,2-6H3,(H,31,33)/t22-,23?/m0/s1. The van der Waals surface area contributed by atoms with Gasteiger partial charge in [-0.1, -0.05) is 38.6 Å². The largest absolute Gasteiger partial charge is 0.466 e. The summed E-state index contributed by atoms with van der Waals surface area (Å²) in [4.78, 5) is 25.4. The van der Waals surface area contributed by atoms with Gasteiger partial charge in [-0.15, -0.1) is 0 Å². The molecule has 0 bridgehead atoms. The third-order valence-corrected chi connectivity index (χ3v) is 5.54. The van der Waals surface area contributed by atoms with Crippen molar-refractivity contribution in [3.05, 3.63) is 71.4 Å². The molecule has 2 atom stereocenters. The van der Waals surface area contributed by atoms with E-state index in [0.717, 1.165) is 22.8 Å². The molecular formula is C27H34F2N2O3. The van der Waals surface area contributed by atoms with Crippen molar-refractivity contribution < 1.29 is 23.1 Å². The number of amides is 1. The summed E-state index contributed by atoms with van der Waals surface area (Å²) in [6, 6.07) is 6.54. The Morgan fingerprint density at radius 3 is 2.35 bits per heavy atom. The number of carbonyl (C=O) groups excluding carboxylic acids is 2. The number of ether oxygens (including phenoxy) is 1. The first kappa shape index (κ1) is 27.0. The third-order valence-electron chi connectivity index (χ3n) is 5.54. The van der Waals surface area contributed by atoms with Gasteiger partial charge in [-0.25, -0.2) is 8.78 Å². The molecule has 1 amide bonds. The maximum atomic E-state index is 15.1. The first-order chi connectivity index (χ1) is 16.1. The summed E-state index contributed by atoms with van der Waals surface area (Å²) >= 11 is 0. The summed E-state index contributed by atoms with van der Waals surface area (Å²) in [6.45, 7) is 13.1. The van der Waals surface area contributed by atoms with Crippen molar-refractivity contribution in [1.82, 2.24) is 10.6 Å². The van der Waals surface area contributed by atoms with Crippen LogP contribution in [0.2, 0.25) is 0 Å². The van der Waals surface area contributed by atoms with Gasteiger partial charge >= 0.3 is 5.97 Å². The van der Waals surface area contributed by atoms with Crippen LogP contribution in [0.25, 0.3) is 11.1 Å². The van der Waals surface area contributed by atoms with E-state index in [1.807, 2.05) is 45.9 Å². The average Bonchev–Trinajstić information content (AvgIpc) is 2.75. The monoisotopic (exact) mass is 472 g/mol. The fraction of sp³-hybridized carbons (Fsp3) is 0.407. The Kier molecular flexibility index (Phi) is 9.78. The highest BCUT2D eigenvalue weighted by Crippen LogP contribution is 2.33. The van der Waals surface area contributed by atoms with Crippen LogP contribution in [0.1, 0.15) is 56.3 Å². The molecule has 0 aliphatic rings. The molecule has 0 saturated carbocycles. The first-order valence-electron chi connectivity index (χ1n) is 11.5. The van der Waals surface area contributed by atoms with Gasteiger partial charge < -0.3 is 15.4 Å². The SMILES string of the molecule is C=CNC(CC(C)C)C(=O)N[C@@H](CC(=O)OCC)c1cc(-c2c(C)cccc2C)cc(F)c1F. The highest BCUT2D eigenvalue weighted by molar-refractivity contribution is 5.83. The van der Waals surface area contributed by atoms with Crippen LogP contribution in [0.4, 0.5) is 8.78 Å². The number of nitrogens with one attached hydrogen (secondary N) is 2. The molecule has 0 radical (unpaired) electrons. The lowest BCUT2D eigenvalue weighted by atomic mass is 9.92. The summed E-state index contributed by atoms with van der Waals surface area (Å²) in [5.41, 5.74) is 2.93. The number of carbonyl (C=O) groups is 2. The second-order valence-electron chi connectivity index (χ2n) is 8.75. The Bertz CT molecular complexity index is 1020. The van der Waals surface area contributed by atoms with Crippen LogP contribution in [-0.2, 0) is 14.3 Å². The van der Waals surface area contributed by atoms with Crippen LogP contribution in [0.5, 0.6) is 0 Å². The van der Waals surface area contributed by atoms with Crippen molar-refractivity contribution in [1.29, 1.82) is 0 Å². The maximum absolute atomic E-state index is 15.1. The van der Waals surface area contributed by atoms with E-state index < -0.39 is 35.6 Å². The zero-order chi connectivity index (χ0) is 25.4. The molecule has 0 aliphatic heterocycles. The molecule has 2 rings (SSSR count). The molecule has 184 valence electrons. The summed E-state index contributed by atoms with van der Waals surface area (Å²) < 4.78 is 34.9. The van der Waals surface area contributed by atoms with E-state index in [9.17, 15) is 14.0 Å². The van der Waals surface area contributed by atoms with Crippen molar-refractivity contribution in [2.75, 3.05) is 6.61 Å². The molecule has 0 spiro atoms. The summed E-state index contributed by atoms with van der Waals surface area (Å²) in [6.07, 6.45) is 1.56. The third kappa shape index (κ3) is 6.89. The van der Waals surface area contributed by atoms with E-state index in [-0.39, 0.29) is 24.5 Å². The van der Waals surface area contributed by atoms with E-state index in [1.54, 1.807) is 6.92 Å². The van der Waals surface area contributed by atoms with Crippen LogP contribution in [-0.4, -0.2) is 24.5 Å². The minimum atomic E-state index is -1.12. The number of esters is 1. The lowest BCUT2D eigenvalue weighted by Crippen LogP contribution is -2.45. The molecule has 1 unspecified atom stereocenters. The summed E-state index contributed by atoms with van der Waals surface area (Å²) in [7, 11) is 0. The van der Waals surface area contributed by atoms with Crippen molar-refractivity contribution in [3.63, 3.8) is 0 Å². The second kappa shape index (κ2) is 12.3. The molecule has 0 fully saturated rings. The molecule has 2 aromatic rings. The molecular weight excluding hydrogens is 438 g/mol. The van der Waals surface area contributed by atoms with Gasteiger partial charge in [0.25, 0.3) is 0 Å². The summed E-state index contributed by atoms with van der Waals surface area (Å²) in [5.74, 6) is -3.04. The molecule has 0 aliphatic carbocycles. The van der Waals surface area contributed by atoms with Crippen LogP contribution in [0.3, 0.4) is 0 Å².